The number of phenols is 1. The average Bonchev–Trinajstić information content (AvgIpc) is 3.14. The van der Waals surface area contributed by atoms with E-state index >= 15 is 0 Å². The third-order valence-electron chi connectivity index (χ3n) is 8.95. The highest BCUT2D eigenvalue weighted by molar-refractivity contribution is 6.07. The molecule has 2 aliphatic rings. The third-order valence-corrected chi connectivity index (χ3v) is 8.95. The number of ether oxygens (including phenoxy) is 2. The number of aliphatic hydroxyl groups is 1. The van der Waals surface area contributed by atoms with E-state index in [0.29, 0.717) is 11.5 Å². The van der Waals surface area contributed by atoms with Gasteiger partial charge in [0.05, 0.1) is 20.8 Å². The van der Waals surface area contributed by atoms with Gasteiger partial charge in [0.25, 0.3) is 0 Å². The van der Waals surface area contributed by atoms with E-state index in [2.05, 4.69) is 58.0 Å². The normalized spacial score (nSPS) is 18.1. The van der Waals surface area contributed by atoms with Gasteiger partial charge in [-0.15, -0.1) is 0 Å². The summed E-state index contributed by atoms with van der Waals surface area (Å²) in [5.74, 6) is 1.62. The summed E-state index contributed by atoms with van der Waals surface area (Å²) in [6.07, 6.45) is 3.24. The number of hydrogen-bond donors (Lipinski definition) is 2. The number of fused-ring (bicyclic) bond motifs is 7. The van der Waals surface area contributed by atoms with Crippen molar-refractivity contribution >= 4 is 10.8 Å². The molecule has 0 bridgehead atoms. The molecule has 2 aliphatic carbocycles. The Balaban J connectivity index is 1.66. The number of methoxy groups -OCH3 is 2. The Hall–Kier alpha value is -3.50. The van der Waals surface area contributed by atoms with Gasteiger partial charge in [0.2, 0.25) is 0 Å². The number of phenolic OH excluding ortho intramolecular Hbond substituents is 1. The molecule has 6 rings (SSSR count). The maximum Gasteiger partial charge on any atom is 0.130 e. The second-order valence-corrected chi connectivity index (χ2v) is 13.1. The van der Waals surface area contributed by atoms with Crippen LogP contribution in [0.2, 0.25) is 0 Å². The van der Waals surface area contributed by atoms with E-state index in [9.17, 15) is 10.2 Å². The average molecular weight is 523 g/mol. The topological polar surface area (TPSA) is 58.9 Å². The van der Waals surface area contributed by atoms with Crippen LogP contribution in [0, 0.1) is 10.8 Å². The summed E-state index contributed by atoms with van der Waals surface area (Å²) in [6.45, 7) is 9.41. The minimum atomic E-state index is -0.167. The van der Waals surface area contributed by atoms with Gasteiger partial charge in [-0.3, -0.25) is 0 Å². The van der Waals surface area contributed by atoms with Gasteiger partial charge in [-0.2, -0.15) is 0 Å². The van der Waals surface area contributed by atoms with Crippen molar-refractivity contribution < 1.29 is 19.7 Å². The molecule has 1 spiro atoms. The molecule has 4 heteroatoms. The van der Waals surface area contributed by atoms with Crippen LogP contribution < -0.4 is 9.47 Å². The zero-order valence-electron chi connectivity index (χ0n) is 23.8. The van der Waals surface area contributed by atoms with E-state index in [1.165, 1.54) is 28.7 Å². The molecule has 2 N–H and O–H groups in total. The summed E-state index contributed by atoms with van der Waals surface area (Å²) in [5, 5.41) is 23.9. The summed E-state index contributed by atoms with van der Waals surface area (Å²) in [7, 11) is 3.26. The van der Waals surface area contributed by atoms with Crippen LogP contribution >= 0.6 is 0 Å². The maximum absolute atomic E-state index is 11.6. The lowest BCUT2D eigenvalue weighted by atomic mass is 9.52. The Labute approximate surface area is 231 Å². The molecule has 4 aromatic rings. The molecular formula is C35H38O4. The first-order valence-electron chi connectivity index (χ1n) is 13.8. The summed E-state index contributed by atoms with van der Waals surface area (Å²) in [4.78, 5) is 0. The van der Waals surface area contributed by atoms with Crippen LogP contribution in [0.3, 0.4) is 0 Å². The van der Waals surface area contributed by atoms with Gasteiger partial charge >= 0.3 is 0 Å². The van der Waals surface area contributed by atoms with Crippen molar-refractivity contribution in [3.05, 3.63) is 77.4 Å². The van der Waals surface area contributed by atoms with E-state index in [-0.39, 0.29) is 28.6 Å². The zero-order valence-corrected chi connectivity index (χ0v) is 23.8. The zero-order chi connectivity index (χ0) is 27.7. The second-order valence-electron chi connectivity index (χ2n) is 13.1. The molecule has 1 fully saturated rings. The van der Waals surface area contributed by atoms with Crippen LogP contribution in [-0.2, 0) is 12.0 Å². The molecule has 0 aliphatic heterocycles. The lowest BCUT2D eigenvalue weighted by molar-refractivity contribution is 0.0645. The number of hydrogen-bond acceptors (Lipinski definition) is 4. The van der Waals surface area contributed by atoms with Crippen molar-refractivity contribution in [1.82, 2.24) is 0 Å². The lowest BCUT2D eigenvalue weighted by Crippen LogP contribution is -2.43. The predicted molar refractivity (Wildman–Crippen MR) is 158 cm³/mol. The highest BCUT2D eigenvalue weighted by Gasteiger charge is 2.53. The first kappa shape index (κ1) is 25.8. The quantitative estimate of drug-likeness (QED) is 0.283. The molecule has 4 aromatic carbocycles. The van der Waals surface area contributed by atoms with Gasteiger partial charge in [0.1, 0.15) is 17.2 Å². The molecule has 0 atom stereocenters. The van der Waals surface area contributed by atoms with Crippen LogP contribution in [-0.4, -0.2) is 24.4 Å². The van der Waals surface area contributed by atoms with Crippen LogP contribution in [0.25, 0.3) is 33.0 Å². The number of benzene rings is 4. The monoisotopic (exact) mass is 522 g/mol. The standard InChI is InChI=1S/C35H38O4/c1-33(2)18-34(3,4)20-35(19-33)28-10-8-7-9-24(28)32-27-13-21(17-36)25(15-26(27)30(37)16-29(32)35)23-12-11-22(38-5)14-31(23)39-6/h7-16,36-37H,17-20H2,1-6H3. The summed E-state index contributed by atoms with van der Waals surface area (Å²) >= 11 is 0. The molecule has 39 heavy (non-hydrogen) atoms. The fourth-order valence-electron chi connectivity index (χ4n) is 8.33. The third kappa shape index (κ3) is 3.91. The Kier molecular flexibility index (Phi) is 5.78. The van der Waals surface area contributed by atoms with Crippen molar-refractivity contribution in [2.75, 3.05) is 14.2 Å². The highest BCUT2D eigenvalue weighted by atomic mass is 16.5. The molecule has 0 unspecified atom stereocenters. The number of aliphatic hydroxyl groups excluding tert-OH is 1. The van der Waals surface area contributed by atoms with E-state index < -0.39 is 0 Å². The van der Waals surface area contributed by atoms with E-state index in [1.807, 2.05) is 30.3 Å². The van der Waals surface area contributed by atoms with Crippen molar-refractivity contribution in [2.45, 2.75) is 59.0 Å². The molecule has 202 valence electrons. The van der Waals surface area contributed by atoms with Crippen LogP contribution in [0.4, 0.5) is 0 Å². The fraction of sp³-hybridized carbons (Fsp3) is 0.371. The van der Waals surface area contributed by atoms with Crippen molar-refractivity contribution in [2.24, 2.45) is 10.8 Å². The minimum absolute atomic E-state index is 0.127. The van der Waals surface area contributed by atoms with Crippen molar-refractivity contribution in [1.29, 1.82) is 0 Å². The first-order chi connectivity index (χ1) is 18.5. The van der Waals surface area contributed by atoms with E-state index in [4.69, 9.17) is 9.47 Å². The van der Waals surface area contributed by atoms with Gasteiger partial charge < -0.3 is 19.7 Å². The molecule has 4 nitrogen and oxygen atoms in total. The molecule has 0 amide bonds. The first-order valence-corrected chi connectivity index (χ1v) is 13.8. The Morgan fingerprint density at radius 2 is 1.44 bits per heavy atom. The van der Waals surface area contributed by atoms with Crippen molar-refractivity contribution in [3.8, 4) is 39.5 Å². The minimum Gasteiger partial charge on any atom is -0.507 e. The molecule has 0 radical (unpaired) electrons. The molecule has 0 aromatic heterocycles. The highest BCUT2D eigenvalue weighted by Crippen LogP contribution is 2.64. The lowest BCUT2D eigenvalue weighted by Gasteiger charge is -2.51. The smallest absolute Gasteiger partial charge is 0.130 e. The summed E-state index contributed by atoms with van der Waals surface area (Å²) in [6, 6.07) is 20.6. The van der Waals surface area contributed by atoms with E-state index in [0.717, 1.165) is 40.3 Å². The second kappa shape index (κ2) is 8.76. The Morgan fingerprint density at radius 1 is 0.718 bits per heavy atom. The van der Waals surface area contributed by atoms with Gasteiger partial charge in [-0.25, -0.2) is 0 Å². The van der Waals surface area contributed by atoms with Gasteiger partial charge in [-0.05, 0) is 99.2 Å². The van der Waals surface area contributed by atoms with Crippen LogP contribution in [0.5, 0.6) is 17.2 Å². The number of aromatic hydroxyl groups is 1. The van der Waals surface area contributed by atoms with Crippen molar-refractivity contribution in [3.63, 3.8) is 0 Å². The molecule has 0 heterocycles. The maximum atomic E-state index is 11.6. The molecule has 0 saturated heterocycles. The van der Waals surface area contributed by atoms with Crippen LogP contribution in [0.15, 0.2) is 60.7 Å². The molecular weight excluding hydrogens is 484 g/mol. The van der Waals surface area contributed by atoms with Gasteiger partial charge in [0, 0.05) is 22.4 Å². The van der Waals surface area contributed by atoms with E-state index in [1.54, 1.807) is 14.2 Å². The van der Waals surface area contributed by atoms with Gasteiger partial charge in [-0.1, -0.05) is 52.0 Å². The Bertz CT molecular complexity index is 1600. The number of rotatable bonds is 4. The largest absolute Gasteiger partial charge is 0.507 e. The predicted octanol–water partition coefficient (Wildman–Crippen LogP) is 8.22. The Morgan fingerprint density at radius 3 is 2.10 bits per heavy atom. The SMILES string of the molecule is COc1ccc(-c2cc3c(O)cc4c(c3cc2CO)-c2ccccc2C42CC(C)(C)CC(C)(C)C2)c(OC)c1. The van der Waals surface area contributed by atoms with Crippen LogP contribution in [0.1, 0.15) is 63.6 Å². The fourth-order valence-corrected chi connectivity index (χ4v) is 8.33. The summed E-state index contributed by atoms with van der Waals surface area (Å²) < 4.78 is 11.1. The van der Waals surface area contributed by atoms with Gasteiger partial charge in [0.15, 0.2) is 0 Å². The molecule has 1 saturated carbocycles. The summed E-state index contributed by atoms with van der Waals surface area (Å²) in [5.41, 5.74) is 7.63.